The Hall–Kier alpha value is -1.32. The lowest BCUT2D eigenvalue weighted by atomic mass is 10.0. The Labute approximate surface area is 261 Å². The van der Waals surface area contributed by atoms with Crippen LogP contribution in [0.4, 0.5) is 0 Å². The van der Waals surface area contributed by atoms with Gasteiger partial charge in [0.2, 0.25) is 5.91 Å². The topological polar surface area (TPSA) is 114 Å². The first-order valence-electron chi connectivity index (χ1n) is 17.0. The van der Waals surface area contributed by atoms with Gasteiger partial charge in [-0.15, -0.1) is 0 Å². The maximum atomic E-state index is 12.8. The summed E-state index contributed by atoms with van der Waals surface area (Å²) in [6.07, 6.45) is 24.0. The van der Waals surface area contributed by atoms with Gasteiger partial charge in [0.05, 0.1) is 19.8 Å². The van der Waals surface area contributed by atoms with Gasteiger partial charge in [0.15, 0.2) is 6.04 Å². The summed E-state index contributed by atoms with van der Waals surface area (Å²) in [6, 6.07) is -1.61. The molecule has 2 atom stereocenters. The number of hydrogen-bond acceptors (Lipinski definition) is 8. The molecule has 3 N–H and O–H groups in total. The van der Waals surface area contributed by atoms with Crippen molar-refractivity contribution < 1.29 is 29.0 Å². The van der Waals surface area contributed by atoms with Crippen LogP contribution in [0.5, 0.6) is 0 Å². The van der Waals surface area contributed by atoms with Gasteiger partial charge in [0, 0.05) is 17.9 Å². The summed E-state index contributed by atoms with van der Waals surface area (Å²) in [5.74, 6) is -0.121. The molecule has 0 fully saturated rings. The van der Waals surface area contributed by atoms with E-state index in [-0.39, 0.29) is 11.9 Å². The number of rotatable bonds is 31. The van der Waals surface area contributed by atoms with Crippen LogP contribution in [-0.2, 0) is 23.9 Å². The maximum absolute atomic E-state index is 12.8. The van der Waals surface area contributed by atoms with Crippen molar-refractivity contribution in [2.45, 2.75) is 154 Å². The number of aliphatic hydroxyl groups is 1. The third kappa shape index (κ3) is 25.2. The molecule has 1 amide bonds. The van der Waals surface area contributed by atoms with E-state index in [2.05, 4.69) is 29.2 Å². The Morgan fingerprint density at radius 2 is 1.21 bits per heavy atom. The lowest BCUT2D eigenvalue weighted by Gasteiger charge is -2.21. The molecule has 0 aliphatic rings. The molecule has 0 heterocycles. The van der Waals surface area contributed by atoms with Crippen LogP contribution in [0.25, 0.3) is 0 Å². The second-order valence-electron chi connectivity index (χ2n) is 11.3. The number of methoxy groups -OCH3 is 1. The monoisotopic (exact) mass is 616 g/mol. The number of esters is 2. The third-order valence-electron chi connectivity index (χ3n) is 7.48. The van der Waals surface area contributed by atoms with Crippen molar-refractivity contribution in [3.05, 3.63) is 0 Å². The summed E-state index contributed by atoms with van der Waals surface area (Å²) in [5, 5.41) is 15.3. The molecule has 0 aromatic carbocycles. The molecule has 0 aliphatic carbocycles. The minimum absolute atomic E-state index is 0.155. The molecular formula is C33H64N2O6S. The molecular weight excluding hydrogens is 552 g/mol. The fraction of sp³-hybridized carbons (Fsp3) is 0.909. The molecule has 0 bridgehead atoms. The van der Waals surface area contributed by atoms with Crippen molar-refractivity contribution in [3.63, 3.8) is 0 Å². The zero-order valence-electron chi connectivity index (χ0n) is 27.2. The zero-order valence-corrected chi connectivity index (χ0v) is 28.0. The SMILES string of the molecule is CCCCCCCCCCCCCCCC(=O)OCCSC[C@@H](NCCCCCCCC)C(=O)N[C@@H](CO)C(=O)OC. The molecule has 0 saturated carbocycles. The highest BCUT2D eigenvalue weighted by Crippen LogP contribution is 2.13. The summed E-state index contributed by atoms with van der Waals surface area (Å²) in [6.45, 7) is 4.94. The van der Waals surface area contributed by atoms with Gasteiger partial charge in [-0.3, -0.25) is 9.59 Å². The molecule has 0 aromatic heterocycles. The zero-order chi connectivity index (χ0) is 31.1. The highest BCUT2D eigenvalue weighted by Gasteiger charge is 2.25. The number of amides is 1. The molecule has 0 rings (SSSR count). The molecule has 0 aromatic rings. The third-order valence-corrected chi connectivity index (χ3v) is 8.51. The van der Waals surface area contributed by atoms with Crippen molar-refractivity contribution >= 4 is 29.6 Å². The van der Waals surface area contributed by atoms with Gasteiger partial charge < -0.3 is 25.2 Å². The predicted octanol–water partition coefficient (Wildman–Crippen LogP) is 6.71. The fourth-order valence-corrected chi connectivity index (χ4v) is 5.65. The summed E-state index contributed by atoms with van der Waals surface area (Å²) >= 11 is 1.52. The average molecular weight is 617 g/mol. The van der Waals surface area contributed by atoms with Crippen LogP contribution in [0.1, 0.15) is 142 Å². The van der Waals surface area contributed by atoms with Crippen LogP contribution in [0.3, 0.4) is 0 Å². The van der Waals surface area contributed by atoms with E-state index in [1.54, 1.807) is 0 Å². The Bertz CT molecular complexity index is 652. The molecule has 248 valence electrons. The van der Waals surface area contributed by atoms with Crippen molar-refractivity contribution in [2.24, 2.45) is 0 Å². The summed E-state index contributed by atoms with van der Waals surface area (Å²) in [7, 11) is 1.22. The predicted molar refractivity (Wildman–Crippen MR) is 175 cm³/mol. The van der Waals surface area contributed by atoms with E-state index < -0.39 is 24.7 Å². The molecule has 0 spiro atoms. The first kappa shape index (κ1) is 40.7. The maximum Gasteiger partial charge on any atom is 0.330 e. The van der Waals surface area contributed by atoms with Crippen LogP contribution in [0.2, 0.25) is 0 Å². The largest absolute Gasteiger partial charge is 0.467 e. The second-order valence-corrected chi connectivity index (χ2v) is 12.5. The number of carbonyl (C=O) groups is 3. The number of aliphatic hydroxyl groups excluding tert-OH is 1. The van der Waals surface area contributed by atoms with Gasteiger partial charge in [-0.05, 0) is 19.4 Å². The van der Waals surface area contributed by atoms with Crippen LogP contribution < -0.4 is 10.6 Å². The highest BCUT2D eigenvalue weighted by molar-refractivity contribution is 7.99. The van der Waals surface area contributed by atoms with E-state index in [9.17, 15) is 19.5 Å². The normalized spacial score (nSPS) is 12.6. The number of unbranched alkanes of at least 4 members (excludes halogenated alkanes) is 17. The molecule has 0 aliphatic heterocycles. The van der Waals surface area contributed by atoms with E-state index in [4.69, 9.17) is 4.74 Å². The summed E-state index contributed by atoms with van der Waals surface area (Å²) in [4.78, 5) is 36.7. The van der Waals surface area contributed by atoms with E-state index in [0.717, 1.165) is 25.7 Å². The Morgan fingerprint density at radius 1 is 0.714 bits per heavy atom. The minimum atomic E-state index is -1.09. The Morgan fingerprint density at radius 3 is 1.71 bits per heavy atom. The van der Waals surface area contributed by atoms with Crippen molar-refractivity contribution in [3.8, 4) is 0 Å². The quantitative estimate of drug-likeness (QED) is 0.0582. The molecule has 42 heavy (non-hydrogen) atoms. The van der Waals surface area contributed by atoms with E-state index >= 15 is 0 Å². The first-order chi connectivity index (χ1) is 20.5. The van der Waals surface area contributed by atoms with E-state index in [1.807, 2.05) is 0 Å². The molecule has 0 saturated heterocycles. The number of carbonyl (C=O) groups excluding carboxylic acids is 3. The van der Waals surface area contributed by atoms with Crippen LogP contribution in [0, 0.1) is 0 Å². The Kier molecular flexibility index (Phi) is 30.1. The van der Waals surface area contributed by atoms with E-state index in [1.165, 1.54) is 115 Å². The van der Waals surface area contributed by atoms with Gasteiger partial charge in [-0.1, -0.05) is 123 Å². The fourth-order valence-electron chi connectivity index (χ4n) is 4.78. The van der Waals surface area contributed by atoms with Crippen molar-refractivity contribution in [1.29, 1.82) is 0 Å². The van der Waals surface area contributed by atoms with Gasteiger partial charge in [-0.25, -0.2) is 4.79 Å². The summed E-state index contributed by atoms with van der Waals surface area (Å²) in [5.41, 5.74) is 0. The average Bonchev–Trinajstić information content (AvgIpc) is 2.99. The van der Waals surface area contributed by atoms with Gasteiger partial charge in [0.1, 0.15) is 6.61 Å². The smallest absolute Gasteiger partial charge is 0.330 e. The van der Waals surface area contributed by atoms with E-state index in [0.29, 0.717) is 31.1 Å². The lowest BCUT2D eigenvalue weighted by molar-refractivity contribution is -0.146. The van der Waals surface area contributed by atoms with Crippen LogP contribution in [0.15, 0.2) is 0 Å². The highest BCUT2D eigenvalue weighted by atomic mass is 32.2. The Balaban J connectivity index is 4.07. The molecule has 0 radical (unpaired) electrons. The van der Waals surface area contributed by atoms with Gasteiger partial charge in [0.25, 0.3) is 0 Å². The number of thioether (sulfide) groups is 1. The molecule has 9 heteroatoms. The first-order valence-corrected chi connectivity index (χ1v) is 18.1. The standard InChI is InChI=1S/C33H64N2O6S/c1-4-6-8-10-12-13-14-15-16-17-18-19-21-23-31(37)41-25-26-42-28-30(34-24-22-20-11-9-7-5-2)32(38)35-29(27-36)33(39)40-3/h29-30,34,36H,4-28H2,1-3H3,(H,35,38)/t29-,30+/m0/s1. The van der Waals surface area contributed by atoms with Gasteiger partial charge >= 0.3 is 11.9 Å². The van der Waals surface area contributed by atoms with Crippen molar-refractivity contribution in [1.82, 2.24) is 10.6 Å². The lowest BCUT2D eigenvalue weighted by Crippen LogP contribution is -2.53. The number of ether oxygens (including phenoxy) is 2. The van der Waals surface area contributed by atoms with Crippen LogP contribution in [-0.4, -0.2) is 73.4 Å². The molecule has 0 unspecified atom stereocenters. The number of nitrogens with one attached hydrogen (secondary N) is 2. The molecule has 8 nitrogen and oxygen atoms in total. The number of hydrogen-bond donors (Lipinski definition) is 3. The second kappa shape index (κ2) is 31.1. The summed E-state index contributed by atoms with van der Waals surface area (Å²) < 4.78 is 10.0. The van der Waals surface area contributed by atoms with Gasteiger partial charge in [-0.2, -0.15) is 11.8 Å². The minimum Gasteiger partial charge on any atom is -0.467 e. The van der Waals surface area contributed by atoms with Crippen molar-refractivity contribution in [2.75, 3.05) is 38.4 Å². The van der Waals surface area contributed by atoms with Crippen LogP contribution >= 0.6 is 11.8 Å².